The Morgan fingerprint density at radius 3 is 2.38 bits per heavy atom. The van der Waals surface area contributed by atoms with E-state index in [2.05, 4.69) is 0 Å². The number of ketones is 1. The second kappa shape index (κ2) is 10.1. The van der Waals surface area contributed by atoms with Crippen LogP contribution in [0.3, 0.4) is 0 Å². The molecule has 4 aromatic carbocycles. The number of hydrogen-bond donors (Lipinski definition) is 1. The van der Waals surface area contributed by atoms with Gasteiger partial charge in [-0.05, 0) is 79.9 Å². The number of thiazole rings is 1. The summed E-state index contributed by atoms with van der Waals surface area (Å²) >= 11 is 1.34. The van der Waals surface area contributed by atoms with Crippen LogP contribution in [-0.2, 0) is 9.59 Å². The monoisotopic (exact) mass is 546 g/mol. The first-order valence-electron chi connectivity index (χ1n) is 12.9. The van der Waals surface area contributed by atoms with Crippen LogP contribution >= 0.6 is 11.3 Å². The van der Waals surface area contributed by atoms with E-state index in [-0.39, 0.29) is 11.3 Å². The SMILES string of the molecule is Cc1ccc(C)c(/C(O)=C2\C(=O)C(=O)N(c3nc4ccc(C)cc4s3)C2c2cccc(Oc3ccccc3)c2)c1. The number of carbonyl (C=O) groups excluding carboxylic acids is 2. The summed E-state index contributed by atoms with van der Waals surface area (Å²) in [5, 5.41) is 12.0. The average molecular weight is 547 g/mol. The maximum Gasteiger partial charge on any atom is 0.301 e. The van der Waals surface area contributed by atoms with Crippen molar-refractivity contribution in [1.82, 2.24) is 4.98 Å². The third-order valence-electron chi connectivity index (χ3n) is 6.98. The molecule has 5 aromatic rings. The van der Waals surface area contributed by atoms with Gasteiger partial charge in [-0.2, -0.15) is 0 Å². The molecule has 1 saturated heterocycles. The van der Waals surface area contributed by atoms with Gasteiger partial charge in [0, 0.05) is 5.56 Å². The van der Waals surface area contributed by atoms with Crippen LogP contribution in [0.25, 0.3) is 16.0 Å². The number of carbonyl (C=O) groups is 2. The van der Waals surface area contributed by atoms with Gasteiger partial charge in [0.15, 0.2) is 5.13 Å². The van der Waals surface area contributed by atoms with Gasteiger partial charge >= 0.3 is 5.91 Å². The normalized spacial score (nSPS) is 16.6. The third kappa shape index (κ3) is 4.54. The summed E-state index contributed by atoms with van der Waals surface area (Å²) in [6.07, 6.45) is 0. The lowest BCUT2D eigenvalue weighted by Crippen LogP contribution is -2.29. The summed E-state index contributed by atoms with van der Waals surface area (Å²) in [4.78, 5) is 33.5. The summed E-state index contributed by atoms with van der Waals surface area (Å²) in [6.45, 7) is 5.77. The molecule has 0 spiro atoms. The number of fused-ring (bicyclic) bond motifs is 1. The summed E-state index contributed by atoms with van der Waals surface area (Å²) in [6, 6.07) is 27.2. The number of aromatic nitrogens is 1. The standard InChI is InChI=1S/C33H26N2O4S/c1-19-12-14-21(3)25(16-19)30(36)28-29(22-8-7-11-24(18-22)39-23-9-5-4-6-10-23)35(32(38)31(28)37)33-34-26-15-13-20(2)17-27(26)40-33/h4-18,29,36H,1-3H3/b30-28+. The molecule has 0 aliphatic carbocycles. The number of aliphatic hydroxyl groups is 1. The van der Waals surface area contributed by atoms with Crippen molar-refractivity contribution in [3.05, 3.63) is 124 Å². The highest BCUT2D eigenvalue weighted by Gasteiger charge is 2.48. The first-order valence-corrected chi connectivity index (χ1v) is 13.7. The Bertz CT molecular complexity index is 1820. The van der Waals surface area contributed by atoms with Gasteiger partial charge in [-0.1, -0.05) is 65.4 Å². The zero-order valence-corrected chi connectivity index (χ0v) is 23.0. The Balaban J connectivity index is 1.55. The number of hydrogen-bond acceptors (Lipinski definition) is 6. The van der Waals surface area contributed by atoms with Gasteiger partial charge in [-0.15, -0.1) is 0 Å². The zero-order valence-electron chi connectivity index (χ0n) is 22.2. The van der Waals surface area contributed by atoms with Crippen molar-refractivity contribution in [2.24, 2.45) is 0 Å². The number of nitrogens with zero attached hydrogens (tertiary/aromatic N) is 2. The quantitative estimate of drug-likeness (QED) is 0.139. The van der Waals surface area contributed by atoms with Gasteiger partial charge in [-0.25, -0.2) is 4.98 Å². The van der Waals surface area contributed by atoms with Crippen LogP contribution in [0.4, 0.5) is 5.13 Å². The Labute approximate surface area is 235 Å². The average Bonchev–Trinajstić information content (AvgIpc) is 3.48. The molecule has 6 rings (SSSR count). The lowest BCUT2D eigenvalue weighted by molar-refractivity contribution is -0.132. The number of para-hydroxylation sites is 1. The molecule has 1 unspecified atom stereocenters. The van der Waals surface area contributed by atoms with Crippen molar-refractivity contribution in [3.8, 4) is 11.5 Å². The second-order valence-corrected chi connectivity index (χ2v) is 11.0. The highest BCUT2D eigenvalue weighted by Crippen LogP contribution is 2.45. The summed E-state index contributed by atoms with van der Waals surface area (Å²) in [7, 11) is 0. The van der Waals surface area contributed by atoms with E-state index in [9.17, 15) is 14.7 Å². The van der Waals surface area contributed by atoms with Crippen molar-refractivity contribution >= 4 is 44.1 Å². The smallest absolute Gasteiger partial charge is 0.301 e. The van der Waals surface area contributed by atoms with Crippen LogP contribution in [-0.4, -0.2) is 21.8 Å². The van der Waals surface area contributed by atoms with E-state index < -0.39 is 17.7 Å². The minimum absolute atomic E-state index is 0.0194. The first kappa shape index (κ1) is 25.5. The molecule has 2 heterocycles. The predicted octanol–water partition coefficient (Wildman–Crippen LogP) is 7.64. The minimum Gasteiger partial charge on any atom is -0.507 e. The highest BCUT2D eigenvalue weighted by atomic mass is 32.1. The van der Waals surface area contributed by atoms with E-state index in [1.165, 1.54) is 16.2 Å². The van der Waals surface area contributed by atoms with Crippen molar-refractivity contribution in [2.75, 3.05) is 4.90 Å². The van der Waals surface area contributed by atoms with E-state index in [0.29, 0.717) is 27.8 Å². The number of aliphatic hydroxyl groups excluding tert-OH is 1. The Morgan fingerprint density at radius 1 is 0.850 bits per heavy atom. The number of ether oxygens (including phenoxy) is 1. The summed E-state index contributed by atoms with van der Waals surface area (Å²) in [5.74, 6) is -0.500. The molecule has 1 atom stereocenters. The number of amides is 1. The molecule has 198 valence electrons. The van der Waals surface area contributed by atoms with Crippen LogP contribution in [0, 0.1) is 20.8 Å². The van der Waals surface area contributed by atoms with E-state index >= 15 is 0 Å². The molecular weight excluding hydrogens is 520 g/mol. The Hall–Kier alpha value is -4.75. The number of aryl methyl sites for hydroxylation is 3. The van der Waals surface area contributed by atoms with Gasteiger partial charge in [-0.3, -0.25) is 14.5 Å². The molecule has 1 aliphatic heterocycles. The number of Topliss-reactive ketones (excluding diaryl/α,β-unsaturated/α-hetero) is 1. The van der Waals surface area contributed by atoms with Gasteiger partial charge in [0.2, 0.25) is 0 Å². The van der Waals surface area contributed by atoms with Crippen LogP contribution in [0.5, 0.6) is 11.5 Å². The van der Waals surface area contributed by atoms with Crippen LogP contribution < -0.4 is 9.64 Å². The number of rotatable bonds is 5. The van der Waals surface area contributed by atoms with E-state index in [1.54, 1.807) is 6.07 Å². The van der Waals surface area contributed by atoms with E-state index in [4.69, 9.17) is 9.72 Å². The molecule has 7 heteroatoms. The maximum atomic E-state index is 13.7. The van der Waals surface area contributed by atoms with Crippen molar-refractivity contribution in [1.29, 1.82) is 0 Å². The first-order chi connectivity index (χ1) is 19.3. The topological polar surface area (TPSA) is 79.7 Å². The molecule has 1 amide bonds. The Kier molecular flexibility index (Phi) is 6.44. The van der Waals surface area contributed by atoms with Crippen LogP contribution in [0.2, 0.25) is 0 Å². The molecule has 0 saturated carbocycles. The molecule has 0 bridgehead atoms. The molecular formula is C33H26N2O4S. The highest BCUT2D eigenvalue weighted by molar-refractivity contribution is 7.22. The van der Waals surface area contributed by atoms with Gasteiger partial charge < -0.3 is 9.84 Å². The third-order valence-corrected chi connectivity index (χ3v) is 8.00. The molecule has 0 radical (unpaired) electrons. The van der Waals surface area contributed by atoms with Crippen molar-refractivity contribution < 1.29 is 19.4 Å². The fourth-order valence-corrected chi connectivity index (χ4v) is 6.07. The fraction of sp³-hybridized carbons (Fsp3) is 0.121. The molecule has 1 fully saturated rings. The predicted molar refractivity (Wildman–Crippen MR) is 158 cm³/mol. The second-order valence-electron chi connectivity index (χ2n) is 9.94. The lowest BCUT2D eigenvalue weighted by atomic mass is 9.93. The molecule has 1 aliphatic rings. The fourth-order valence-electron chi connectivity index (χ4n) is 4.98. The summed E-state index contributed by atoms with van der Waals surface area (Å²) < 4.78 is 6.98. The summed E-state index contributed by atoms with van der Waals surface area (Å²) in [5.41, 5.74) is 4.69. The zero-order chi connectivity index (χ0) is 28.0. The maximum absolute atomic E-state index is 13.7. The molecule has 6 nitrogen and oxygen atoms in total. The molecule has 1 N–H and O–H groups in total. The van der Waals surface area contributed by atoms with Crippen LogP contribution in [0.15, 0.2) is 96.6 Å². The molecule has 1 aromatic heterocycles. The van der Waals surface area contributed by atoms with E-state index in [1.807, 2.05) is 106 Å². The lowest BCUT2D eigenvalue weighted by Gasteiger charge is -2.23. The molecule has 40 heavy (non-hydrogen) atoms. The largest absolute Gasteiger partial charge is 0.507 e. The van der Waals surface area contributed by atoms with Gasteiger partial charge in [0.25, 0.3) is 5.78 Å². The minimum atomic E-state index is -0.902. The Morgan fingerprint density at radius 2 is 1.57 bits per heavy atom. The van der Waals surface area contributed by atoms with Crippen molar-refractivity contribution in [3.63, 3.8) is 0 Å². The van der Waals surface area contributed by atoms with E-state index in [0.717, 1.165) is 26.9 Å². The van der Waals surface area contributed by atoms with Gasteiger partial charge in [0.1, 0.15) is 17.3 Å². The number of benzene rings is 4. The number of anilines is 1. The van der Waals surface area contributed by atoms with Crippen molar-refractivity contribution in [2.45, 2.75) is 26.8 Å². The van der Waals surface area contributed by atoms with Gasteiger partial charge in [0.05, 0.1) is 21.8 Å². The van der Waals surface area contributed by atoms with Crippen LogP contribution in [0.1, 0.15) is 33.9 Å².